The van der Waals surface area contributed by atoms with Crippen molar-refractivity contribution in [2.75, 3.05) is 13.1 Å². The predicted molar refractivity (Wildman–Crippen MR) is 165 cm³/mol. The van der Waals surface area contributed by atoms with Crippen molar-refractivity contribution < 1.29 is 24.1 Å². The van der Waals surface area contributed by atoms with Crippen LogP contribution in [0.3, 0.4) is 0 Å². The van der Waals surface area contributed by atoms with Gasteiger partial charge in [0.25, 0.3) is 0 Å². The molecule has 220 valence electrons. The van der Waals surface area contributed by atoms with Crippen LogP contribution in [0.1, 0.15) is 24.8 Å². The molecule has 1 aromatic rings. The molecular weight excluding hydrogens is 573 g/mol. The van der Waals surface area contributed by atoms with Crippen molar-refractivity contribution in [1.82, 2.24) is 5.32 Å². The van der Waals surface area contributed by atoms with Crippen LogP contribution in [0, 0.1) is 5.41 Å². The molecule has 5 heterocycles. The van der Waals surface area contributed by atoms with Crippen LogP contribution in [0.2, 0.25) is 10.0 Å². The highest BCUT2D eigenvalue weighted by Gasteiger charge is 2.72. The van der Waals surface area contributed by atoms with Crippen LogP contribution in [0.4, 0.5) is 0 Å². The smallest absolute Gasteiger partial charge is 0.147 e. The Morgan fingerprint density at radius 1 is 0.762 bits per heavy atom. The Balaban J connectivity index is 1.67. The van der Waals surface area contributed by atoms with E-state index in [4.69, 9.17) is 42.1 Å². The first-order valence-electron chi connectivity index (χ1n) is 14.4. The van der Waals surface area contributed by atoms with E-state index in [0.717, 1.165) is 18.5 Å². The summed E-state index contributed by atoms with van der Waals surface area (Å²) in [6.45, 7) is 1.28. The molecule has 6 unspecified atom stereocenters. The van der Waals surface area contributed by atoms with E-state index < -0.39 is 34.7 Å². The highest BCUT2D eigenvalue weighted by atomic mass is 35.5. The van der Waals surface area contributed by atoms with E-state index in [1.807, 2.05) is 85.0 Å². The minimum atomic E-state index is -1.68. The van der Waals surface area contributed by atoms with Crippen molar-refractivity contribution in [2.45, 2.75) is 54.7 Å². The molecule has 0 aromatic heterocycles. The fraction of sp³-hybridized carbons (Fsp3) is 0.353. The zero-order valence-corrected chi connectivity index (χ0v) is 24.7. The summed E-state index contributed by atoms with van der Waals surface area (Å²) in [5.74, 6) is 0. The van der Waals surface area contributed by atoms with Gasteiger partial charge < -0.3 is 29.4 Å². The van der Waals surface area contributed by atoms with Gasteiger partial charge in [-0.25, -0.2) is 0 Å². The zero-order valence-electron chi connectivity index (χ0n) is 23.2. The fourth-order valence-corrected chi connectivity index (χ4v) is 7.61. The van der Waals surface area contributed by atoms with Gasteiger partial charge in [-0.3, -0.25) is 0 Å². The molecule has 6 rings (SSSR count). The lowest BCUT2D eigenvalue weighted by Crippen LogP contribution is -2.77. The molecule has 1 fully saturated rings. The van der Waals surface area contributed by atoms with Crippen molar-refractivity contribution in [3.8, 4) is 0 Å². The summed E-state index contributed by atoms with van der Waals surface area (Å²) < 4.78 is 25.5. The van der Waals surface area contributed by atoms with Crippen molar-refractivity contribution >= 4 is 23.2 Å². The van der Waals surface area contributed by atoms with Gasteiger partial charge in [-0.05, 0) is 85.7 Å². The van der Waals surface area contributed by atoms with Gasteiger partial charge >= 0.3 is 0 Å². The van der Waals surface area contributed by atoms with Gasteiger partial charge in [-0.1, -0.05) is 53.6 Å². The Bertz CT molecular complexity index is 1360. The van der Waals surface area contributed by atoms with Crippen LogP contribution in [0.5, 0.6) is 0 Å². The molecule has 0 saturated carbocycles. The second-order valence-electron chi connectivity index (χ2n) is 11.2. The average Bonchev–Trinajstić information content (AvgIpc) is 3.06. The molecule has 2 N–H and O–H groups in total. The normalized spacial score (nSPS) is 32.3. The lowest BCUT2D eigenvalue weighted by atomic mass is 9.46. The van der Waals surface area contributed by atoms with Crippen LogP contribution < -0.4 is 5.32 Å². The zero-order chi connectivity index (χ0) is 29.0. The van der Waals surface area contributed by atoms with E-state index in [-0.39, 0.29) is 6.10 Å². The first-order chi connectivity index (χ1) is 20.5. The Hall–Kier alpha value is -3.16. The monoisotopic (exact) mass is 607 g/mol. The Kier molecular flexibility index (Phi) is 8.42. The molecule has 0 aliphatic carbocycles. The van der Waals surface area contributed by atoms with Gasteiger partial charge in [0, 0.05) is 18.4 Å². The number of aliphatic hydroxyl groups is 1. The third-order valence-electron chi connectivity index (χ3n) is 9.13. The second-order valence-corrected chi connectivity index (χ2v) is 12.0. The molecule has 6 nitrogen and oxygen atoms in total. The molecule has 6 atom stereocenters. The van der Waals surface area contributed by atoms with Crippen LogP contribution in [0.25, 0.3) is 0 Å². The number of piperidine rings is 1. The quantitative estimate of drug-likeness (QED) is 0.347. The van der Waals surface area contributed by atoms with E-state index in [2.05, 4.69) is 5.32 Å². The maximum atomic E-state index is 14.2. The van der Waals surface area contributed by atoms with Gasteiger partial charge in [0.1, 0.15) is 30.0 Å². The van der Waals surface area contributed by atoms with Gasteiger partial charge in [-0.2, -0.15) is 0 Å². The maximum Gasteiger partial charge on any atom is 0.147 e. The van der Waals surface area contributed by atoms with Crippen LogP contribution in [-0.4, -0.2) is 48.2 Å². The summed E-state index contributed by atoms with van der Waals surface area (Å²) in [6.07, 6.45) is 29.1. The number of rotatable bonds is 8. The summed E-state index contributed by atoms with van der Waals surface area (Å²) in [7, 11) is 0. The first-order valence-corrected chi connectivity index (χ1v) is 15.1. The topological polar surface area (TPSA) is 69.2 Å². The van der Waals surface area contributed by atoms with Crippen LogP contribution in [-0.2, 0) is 24.4 Å². The molecule has 42 heavy (non-hydrogen) atoms. The van der Waals surface area contributed by atoms with Crippen molar-refractivity contribution in [1.29, 1.82) is 0 Å². The van der Waals surface area contributed by atoms with Gasteiger partial charge in [0.05, 0.1) is 40.5 Å². The van der Waals surface area contributed by atoms with Gasteiger partial charge in [-0.15, -0.1) is 0 Å². The van der Waals surface area contributed by atoms with Crippen molar-refractivity contribution in [3.63, 3.8) is 0 Å². The summed E-state index contributed by atoms with van der Waals surface area (Å²) in [6, 6.07) is 5.64. The van der Waals surface area contributed by atoms with E-state index >= 15 is 0 Å². The number of benzene rings is 1. The first kappa shape index (κ1) is 28.9. The minimum Gasteiger partial charge on any atom is -0.494 e. The van der Waals surface area contributed by atoms with Crippen LogP contribution in [0.15, 0.2) is 116 Å². The number of hydrogen-bond acceptors (Lipinski definition) is 6. The molecular formula is C34H35Cl2NO5. The third-order valence-corrected chi connectivity index (χ3v) is 9.87. The molecule has 1 saturated heterocycles. The average molecular weight is 609 g/mol. The van der Waals surface area contributed by atoms with Crippen molar-refractivity contribution in [3.05, 3.63) is 132 Å². The van der Waals surface area contributed by atoms with E-state index in [0.29, 0.717) is 29.4 Å². The molecule has 8 heteroatoms. The standard InChI is InChI=1S/C34H35Cl2NO5/c35-27-15-14-25(22-28(27)36)32(16-9-17-37-24-32)34(38,31-13-4-8-21-42-31)33(29-11-2-6-19-40-29,30-12-3-7-20-41-30)23-26-10-1-5-18-39-26/h1-8,10-15,18-22,26,29-31,37-38H,9,16-17,23-24H2. The Morgan fingerprint density at radius 2 is 1.36 bits per heavy atom. The third kappa shape index (κ3) is 4.84. The number of ether oxygens (including phenoxy) is 4. The van der Waals surface area contributed by atoms with E-state index in [1.165, 1.54) is 0 Å². The number of allylic oxidation sites excluding steroid dienone is 8. The predicted octanol–water partition coefficient (Wildman–Crippen LogP) is 6.60. The lowest BCUT2D eigenvalue weighted by Gasteiger charge is -2.63. The largest absolute Gasteiger partial charge is 0.494 e. The van der Waals surface area contributed by atoms with E-state index in [9.17, 15) is 5.11 Å². The SMILES string of the molecule is OC(C1C=CC=CO1)(C1(c2ccc(Cl)c(Cl)c2)CCCNC1)C(CC1C=CC=CO1)(C1C=CC=CO1)C1C=CC=CO1. The summed E-state index contributed by atoms with van der Waals surface area (Å²) >= 11 is 13.1. The number of hydrogen-bond donors (Lipinski definition) is 2. The summed E-state index contributed by atoms with van der Waals surface area (Å²) in [5.41, 5.74) is -2.93. The van der Waals surface area contributed by atoms with E-state index in [1.54, 1.807) is 31.1 Å². The Morgan fingerprint density at radius 3 is 1.86 bits per heavy atom. The molecule has 5 aliphatic rings. The van der Waals surface area contributed by atoms with Gasteiger partial charge in [0.2, 0.25) is 0 Å². The van der Waals surface area contributed by atoms with Gasteiger partial charge in [0.15, 0.2) is 0 Å². The molecule has 0 bridgehead atoms. The maximum absolute atomic E-state index is 14.2. The molecule has 0 radical (unpaired) electrons. The lowest BCUT2D eigenvalue weighted by molar-refractivity contribution is -0.256. The fourth-order valence-electron chi connectivity index (χ4n) is 7.31. The Labute approximate surface area is 257 Å². The summed E-state index contributed by atoms with van der Waals surface area (Å²) in [4.78, 5) is 0. The highest BCUT2D eigenvalue weighted by Crippen LogP contribution is 2.60. The minimum absolute atomic E-state index is 0.344. The molecule has 1 aromatic carbocycles. The molecule has 5 aliphatic heterocycles. The number of halogens is 2. The number of nitrogens with one attached hydrogen (secondary N) is 1. The highest BCUT2D eigenvalue weighted by molar-refractivity contribution is 6.42. The van der Waals surface area contributed by atoms with Crippen molar-refractivity contribution in [2.24, 2.45) is 5.41 Å². The van der Waals surface area contributed by atoms with Crippen LogP contribution >= 0.6 is 23.2 Å². The molecule has 0 amide bonds. The summed E-state index contributed by atoms with van der Waals surface area (Å²) in [5, 5.41) is 18.6. The molecule has 0 spiro atoms. The second kappa shape index (κ2) is 12.2.